The number of aliphatic hydroxyl groups is 2. The molecule has 5 nitrogen and oxygen atoms in total. The minimum absolute atomic E-state index is 0.331. The molecular weight excluding hydrogens is 320 g/mol. The average molecular weight is 343 g/mol. The van der Waals surface area contributed by atoms with Crippen LogP contribution in [0.3, 0.4) is 0 Å². The lowest BCUT2D eigenvalue weighted by Crippen LogP contribution is -2.59. The molecule has 3 rings (SSSR count). The fraction of sp³-hybridized carbons (Fsp3) is 0.647. The summed E-state index contributed by atoms with van der Waals surface area (Å²) in [6, 6.07) is 2.63. The Kier molecular flexibility index (Phi) is 5.05. The van der Waals surface area contributed by atoms with Crippen molar-refractivity contribution < 1.29 is 28.5 Å². The molecule has 2 aliphatic heterocycles. The standard InChI is InChI=1S/C17H23F2NO4/c1-23-15-12(18)3-2-11(14(15)19)10-20-7-5-17(6-8-20)16(22)13(21)4-9-24-17/h2-3,13,16,21-22H,4-10H2,1H3/t13-,16-/m0/s1. The van der Waals surface area contributed by atoms with Crippen molar-refractivity contribution in [3.05, 3.63) is 29.3 Å². The van der Waals surface area contributed by atoms with E-state index in [9.17, 15) is 19.0 Å². The Bertz CT molecular complexity index is 590. The van der Waals surface area contributed by atoms with Gasteiger partial charge in [-0.15, -0.1) is 0 Å². The van der Waals surface area contributed by atoms with E-state index in [4.69, 9.17) is 9.47 Å². The number of hydrogen-bond donors (Lipinski definition) is 2. The minimum Gasteiger partial charge on any atom is -0.491 e. The monoisotopic (exact) mass is 343 g/mol. The van der Waals surface area contributed by atoms with Gasteiger partial charge < -0.3 is 19.7 Å². The van der Waals surface area contributed by atoms with Gasteiger partial charge in [-0.25, -0.2) is 8.78 Å². The second kappa shape index (κ2) is 6.92. The summed E-state index contributed by atoms with van der Waals surface area (Å²) in [5.74, 6) is -1.76. The predicted molar refractivity (Wildman–Crippen MR) is 82.7 cm³/mol. The van der Waals surface area contributed by atoms with Gasteiger partial charge in [0.1, 0.15) is 6.10 Å². The van der Waals surface area contributed by atoms with Crippen LogP contribution in [0.2, 0.25) is 0 Å². The molecule has 0 bridgehead atoms. The molecule has 7 heteroatoms. The summed E-state index contributed by atoms with van der Waals surface area (Å²) in [4.78, 5) is 2.03. The summed E-state index contributed by atoms with van der Waals surface area (Å²) >= 11 is 0. The van der Waals surface area contributed by atoms with Crippen LogP contribution >= 0.6 is 0 Å². The first-order valence-corrected chi connectivity index (χ1v) is 8.20. The number of hydrogen-bond acceptors (Lipinski definition) is 5. The molecule has 134 valence electrons. The molecule has 2 aliphatic rings. The van der Waals surface area contributed by atoms with Crippen LogP contribution in [0.25, 0.3) is 0 Å². The van der Waals surface area contributed by atoms with Gasteiger partial charge in [0.15, 0.2) is 17.4 Å². The smallest absolute Gasteiger partial charge is 0.190 e. The lowest BCUT2D eigenvalue weighted by Gasteiger charge is -2.48. The number of nitrogens with zero attached hydrogens (tertiary/aromatic N) is 1. The molecule has 0 amide bonds. The fourth-order valence-corrected chi connectivity index (χ4v) is 3.63. The van der Waals surface area contributed by atoms with Gasteiger partial charge in [-0.1, -0.05) is 6.07 Å². The number of rotatable bonds is 3. The second-order valence-electron chi connectivity index (χ2n) is 6.54. The van der Waals surface area contributed by atoms with E-state index in [1.54, 1.807) is 0 Å². The Labute approximate surface area is 139 Å². The molecule has 0 saturated carbocycles. The molecule has 2 saturated heterocycles. The summed E-state index contributed by atoms with van der Waals surface area (Å²) in [5, 5.41) is 20.1. The number of ether oxygens (including phenoxy) is 2. The maximum Gasteiger partial charge on any atom is 0.190 e. The number of halogens is 2. The number of piperidine rings is 1. The molecule has 1 spiro atoms. The number of methoxy groups -OCH3 is 1. The number of benzene rings is 1. The van der Waals surface area contributed by atoms with Gasteiger partial charge in [0.05, 0.1) is 25.4 Å². The topological polar surface area (TPSA) is 62.2 Å². The van der Waals surface area contributed by atoms with E-state index in [1.165, 1.54) is 19.2 Å². The molecule has 1 aromatic rings. The van der Waals surface area contributed by atoms with Crippen LogP contribution in [0.15, 0.2) is 12.1 Å². The van der Waals surface area contributed by atoms with Crippen molar-refractivity contribution in [3.63, 3.8) is 0 Å². The van der Waals surface area contributed by atoms with Crippen LogP contribution in [-0.4, -0.2) is 59.7 Å². The van der Waals surface area contributed by atoms with Gasteiger partial charge in [-0.05, 0) is 25.3 Å². The predicted octanol–water partition coefficient (Wildman–Crippen LogP) is 1.45. The van der Waals surface area contributed by atoms with E-state index in [0.29, 0.717) is 51.1 Å². The molecule has 2 heterocycles. The van der Waals surface area contributed by atoms with Crippen molar-refractivity contribution in [2.24, 2.45) is 0 Å². The molecule has 0 aliphatic carbocycles. The molecule has 0 aromatic heterocycles. The highest BCUT2D eigenvalue weighted by atomic mass is 19.1. The van der Waals surface area contributed by atoms with E-state index < -0.39 is 29.4 Å². The SMILES string of the molecule is COc1c(F)ccc(CN2CCC3(CC2)OCC[C@H](O)[C@@H]3O)c1F. The molecular formula is C17H23F2NO4. The number of likely N-dealkylation sites (tertiary alicyclic amines) is 1. The van der Waals surface area contributed by atoms with Gasteiger partial charge in [0.2, 0.25) is 0 Å². The Morgan fingerprint density at radius 1 is 1.29 bits per heavy atom. The summed E-state index contributed by atoms with van der Waals surface area (Å²) in [6.45, 7) is 1.96. The maximum absolute atomic E-state index is 14.3. The first kappa shape index (κ1) is 17.5. The molecule has 0 radical (unpaired) electrons. The molecule has 2 N–H and O–H groups in total. The van der Waals surface area contributed by atoms with Crippen molar-refractivity contribution in [2.75, 3.05) is 26.8 Å². The van der Waals surface area contributed by atoms with Gasteiger partial charge in [-0.3, -0.25) is 4.90 Å². The Balaban J connectivity index is 1.66. The van der Waals surface area contributed by atoms with Crippen LogP contribution in [0.5, 0.6) is 5.75 Å². The maximum atomic E-state index is 14.3. The lowest BCUT2D eigenvalue weighted by molar-refractivity contribution is -0.214. The first-order valence-electron chi connectivity index (χ1n) is 8.20. The lowest BCUT2D eigenvalue weighted by atomic mass is 9.80. The normalized spacial score (nSPS) is 27.4. The van der Waals surface area contributed by atoms with E-state index in [2.05, 4.69) is 0 Å². The van der Waals surface area contributed by atoms with Crippen LogP contribution in [-0.2, 0) is 11.3 Å². The van der Waals surface area contributed by atoms with Gasteiger partial charge in [-0.2, -0.15) is 0 Å². The minimum atomic E-state index is -0.893. The Hall–Kier alpha value is -1.28. The highest BCUT2D eigenvalue weighted by molar-refractivity contribution is 5.32. The summed E-state index contributed by atoms with van der Waals surface area (Å²) < 4.78 is 38.3. The molecule has 0 unspecified atom stereocenters. The van der Waals surface area contributed by atoms with Crippen molar-refractivity contribution in [1.82, 2.24) is 4.90 Å². The average Bonchev–Trinajstić information content (AvgIpc) is 2.58. The van der Waals surface area contributed by atoms with Crippen LogP contribution in [0, 0.1) is 11.6 Å². The van der Waals surface area contributed by atoms with Crippen molar-refractivity contribution in [1.29, 1.82) is 0 Å². The van der Waals surface area contributed by atoms with Gasteiger partial charge in [0.25, 0.3) is 0 Å². The van der Waals surface area contributed by atoms with Crippen molar-refractivity contribution in [2.45, 2.75) is 43.6 Å². The Morgan fingerprint density at radius 3 is 2.67 bits per heavy atom. The molecule has 2 atom stereocenters. The van der Waals surface area contributed by atoms with E-state index in [0.717, 1.165) is 0 Å². The zero-order valence-corrected chi connectivity index (χ0v) is 13.7. The van der Waals surface area contributed by atoms with E-state index in [-0.39, 0.29) is 5.75 Å². The highest BCUT2D eigenvalue weighted by Crippen LogP contribution is 2.36. The molecule has 2 fully saturated rings. The zero-order valence-electron chi connectivity index (χ0n) is 13.7. The third-order valence-corrected chi connectivity index (χ3v) is 5.14. The second-order valence-corrected chi connectivity index (χ2v) is 6.54. The van der Waals surface area contributed by atoms with Crippen LogP contribution in [0.4, 0.5) is 8.78 Å². The van der Waals surface area contributed by atoms with E-state index >= 15 is 0 Å². The quantitative estimate of drug-likeness (QED) is 0.870. The number of aliphatic hydroxyl groups excluding tert-OH is 2. The van der Waals surface area contributed by atoms with Crippen LogP contribution in [0.1, 0.15) is 24.8 Å². The van der Waals surface area contributed by atoms with Crippen LogP contribution < -0.4 is 4.74 Å². The third kappa shape index (κ3) is 3.13. The Morgan fingerprint density at radius 2 is 2.00 bits per heavy atom. The van der Waals surface area contributed by atoms with Crippen molar-refractivity contribution >= 4 is 0 Å². The largest absolute Gasteiger partial charge is 0.491 e. The summed E-state index contributed by atoms with van der Waals surface area (Å²) in [7, 11) is 1.24. The van der Waals surface area contributed by atoms with E-state index in [1.807, 2.05) is 4.90 Å². The zero-order chi connectivity index (χ0) is 17.3. The molecule has 1 aromatic carbocycles. The van der Waals surface area contributed by atoms with Gasteiger partial charge in [0, 0.05) is 25.2 Å². The first-order chi connectivity index (χ1) is 11.5. The fourth-order valence-electron chi connectivity index (χ4n) is 3.63. The van der Waals surface area contributed by atoms with Crippen molar-refractivity contribution in [3.8, 4) is 5.75 Å². The highest BCUT2D eigenvalue weighted by Gasteiger charge is 2.47. The van der Waals surface area contributed by atoms with Gasteiger partial charge >= 0.3 is 0 Å². The summed E-state index contributed by atoms with van der Waals surface area (Å²) in [6.07, 6.45) is -0.0935. The summed E-state index contributed by atoms with van der Waals surface area (Å²) in [5.41, 5.74) is -0.345. The third-order valence-electron chi connectivity index (χ3n) is 5.14. The molecule has 24 heavy (non-hydrogen) atoms.